The Hall–Kier alpha value is -3.27. The number of nitrogens with one attached hydrogen (secondary N) is 1. The summed E-state index contributed by atoms with van der Waals surface area (Å²) in [5.41, 5.74) is 9.19. The van der Waals surface area contributed by atoms with Crippen LogP contribution in [0.2, 0.25) is 0 Å². The first-order valence-electron chi connectivity index (χ1n) is 9.64. The van der Waals surface area contributed by atoms with Crippen molar-refractivity contribution in [2.75, 3.05) is 16.2 Å². The molecule has 0 bridgehead atoms. The van der Waals surface area contributed by atoms with Crippen molar-refractivity contribution in [1.29, 1.82) is 0 Å². The van der Waals surface area contributed by atoms with Gasteiger partial charge in [0.25, 0.3) is 0 Å². The highest BCUT2D eigenvalue weighted by Crippen LogP contribution is 2.36. The van der Waals surface area contributed by atoms with Crippen molar-refractivity contribution in [3.8, 4) is 11.5 Å². The van der Waals surface area contributed by atoms with Gasteiger partial charge in [-0.3, -0.25) is 4.72 Å². The van der Waals surface area contributed by atoms with E-state index < -0.39 is 10.0 Å². The number of sulfonamides is 1. The molecule has 0 amide bonds. The van der Waals surface area contributed by atoms with E-state index in [1.165, 1.54) is 0 Å². The van der Waals surface area contributed by atoms with E-state index in [1.54, 1.807) is 24.5 Å². The SMILES string of the molecule is CCCS(=O)(=O)Nc1cccc(CC2Cc3nc(N)nc(-c4ccco4)c3N=N2)c1. The van der Waals surface area contributed by atoms with Gasteiger partial charge in [-0.1, -0.05) is 19.1 Å². The molecule has 1 aromatic carbocycles. The maximum Gasteiger partial charge on any atom is 0.232 e. The minimum Gasteiger partial charge on any atom is -0.463 e. The summed E-state index contributed by atoms with van der Waals surface area (Å²) in [5.74, 6) is 0.803. The van der Waals surface area contributed by atoms with Crippen molar-refractivity contribution < 1.29 is 12.8 Å². The molecule has 1 atom stereocenters. The van der Waals surface area contributed by atoms with E-state index in [-0.39, 0.29) is 17.7 Å². The Balaban J connectivity index is 1.53. The second-order valence-corrected chi connectivity index (χ2v) is 8.94. The molecular formula is C20H22N6O3S. The first-order valence-corrected chi connectivity index (χ1v) is 11.3. The second-order valence-electron chi connectivity index (χ2n) is 7.10. The van der Waals surface area contributed by atoms with Crippen LogP contribution in [0.15, 0.2) is 57.3 Å². The van der Waals surface area contributed by atoms with E-state index in [4.69, 9.17) is 10.2 Å². The second kappa shape index (κ2) is 8.23. The van der Waals surface area contributed by atoms with Gasteiger partial charge in [0.1, 0.15) is 11.4 Å². The Bertz CT molecular complexity index is 1180. The third-order valence-corrected chi connectivity index (χ3v) is 6.12. The molecule has 3 heterocycles. The van der Waals surface area contributed by atoms with Crippen molar-refractivity contribution >= 4 is 27.3 Å². The fourth-order valence-electron chi connectivity index (χ4n) is 3.40. The van der Waals surface area contributed by atoms with Crippen molar-refractivity contribution in [3.63, 3.8) is 0 Å². The molecule has 9 nitrogen and oxygen atoms in total. The van der Waals surface area contributed by atoms with Crippen LogP contribution in [0.25, 0.3) is 11.5 Å². The molecule has 2 aromatic heterocycles. The number of aromatic nitrogens is 2. The fraction of sp³-hybridized carbons (Fsp3) is 0.300. The van der Waals surface area contributed by atoms with E-state index in [2.05, 4.69) is 24.9 Å². The molecule has 0 radical (unpaired) electrons. The predicted octanol–water partition coefficient (Wildman–Crippen LogP) is 3.72. The molecular weight excluding hydrogens is 404 g/mol. The molecule has 0 saturated heterocycles. The monoisotopic (exact) mass is 426 g/mol. The topological polar surface area (TPSA) is 136 Å². The van der Waals surface area contributed by atoms with Gasteiger partial charge in [0.05, 0.1) is 23.8 Å². The van der Waals surface area contributed by atoms with E-state index >= 15 is 0 Å². The average Bonchev–Trinajstić information content (AvgIpc) is 3.21. The molecule has 10 heteroatoms. The Morgan fingerprint density at radius 2 is 2.10 bits per heavy atom. The van der Waals surface area contributed by atoms with Gasteiger partial charge in [-0.15, -0.1) is 0 Å². The maximum absolute atomic E-state index is 12.0. The molecule has 1 aliphatic heterocycles. The number of nitrogens with two attached hydrogens (primary N) is 1. The molecule has 4 rings (SSSR count). The molecule has 156 valence electrons. The molecule has 30 heavy (non-hydrogen) atoms. The first-order chi connectivity index (χ1) is 14.4. The number of nitrogens with zero attached hydrogens (tertiary/aromatic N) is 4. The van der Waals surface area contributed by atoms with Gasteiger partial charge < -0.3 is 10.2 Å². The highest BCUT2D eigenvalue weighted by molar-refractivity contribution is 7.92. The molecule has 0 spiro atoms. The van der Waals surface area contributed by atoms with Crippen LogP contribution in [-0.2, 0) is 22.9 Å². The van der Waals surface area contributed by atoms with Crippen molar-refractivity contribution in [3.05, 3.63) is 53.9 Å². The average molecular weight is 427 g/mol. The van der Waals surface area contributed by atoms with Crippen molar-refractivity contribution in [2.24, 2.45) is 10.2 Å². The molecule has 1 unspecified atom stereocenters. The normalized spacial score (nSPS) is 15.7. The van der Waals surface area contributed by atoms with Crippen LogP contribution >= 0.6 is 0 Å². The summed E-state index contributed by atoms with van der Waals surface area (Å²) in [6.45, 7) is 1.83. The Morgan fingerprint density at radius 1 is 1.23 bits per heavy atom. The minimum atomic E-state index is -3.34. The van der Waals surface area contributed by atoms with Crippen LogP contribution in [0.3, 0.4) is 0 Å². The Kier molecular flexibility index (Phi) is 5.49. The summed E-state index contributed by atoms with van der Waals surface area (Å²) >= 11 is 0. The number of anilines is 2. The lowest BCUT2D eigenvalue weighted by atomic mass is 10.00. The van der Waals surface area contributed by atoms with Gasteiger partial charge in [-0.2, -0.15) is 10.2 Å². The maximum atomic E-state index is 12.0. The van der Waals surface area contributed by atoms with Crippen molar-refractivity contribution in [1.82, 2.24) is 9.97 Å². The molecule has 3 N–H and O–H groups in total. The summed E-state index contributed by atoms with van der Waals surface area (Å²) in [5, 5.41) is 8.77. The number of hydrogen-bond donors (Lipinski definition) is 2. The van der Waals surface area contributed by atoms with Gasteiger partial charge in [0.2, 0.25) is 16.0 Å². The molecule has 1 aliphatic rings. The number of azo groups is 1. The van der Waals surface area contributed by atoms with Crippen molar-refractivity contribution in [2.45, 2.75) is 32.2 Å². The lowest BCUT2D eigenvalue weighted by Crippen LogP contribution is -2.18. The van der Waals surface area contributed by atoms with Crippen LogP contribution in [-0.4, -0.2) is 30.2 Å². The van der Waals surface area contributed by atoms with E-state index in [9.17, 15) is 8.42 Å². The smallest absolute Gasteiger partial charge is 0.232 e. The minimum absolute atomic E-state index is 0.0873. The number of rotatable bonds is 7. The number of hydrogen-bond acceptors (Lipinski definition) is 8. The zero-order valence-electron chi connectivity index (χ0n) is 16.4. The number of fused-ring (bicyclic) bond motifs is 1. The Morgan fingerprint density at radius 3 is 2.87 bits per heavy atom. The van der Waals surface area contributed by atoms with Gasteiger partial charge in [0.15, 0.2) is 5.76 Å². The van der Waals surface area contributed by atoms with E-state index in [0.29, 0.717) is 47.8 Å². The molecule has 0 aliphatic carbocycles. The van der Waals surface area contributed by atoms with Gasteiger partial charge in [0, 0.05) is 12.1 Å². The van der Waals surface area contributed by atoms with E-state index in [1.807, 2.05) is 25.1 Å². The highest BCUT2D eigenvalue weighted by Gasteiger charge is 2.24. The summed E-state index contributed by atoms with van der Waals surface area (Å²) in [6.07, 6.45) is 3.25. The summed E-state index contributed by atoms with van der Waals surface area (Å²) in [6, 6.07) is 10.7. The summed E-state index contributed by atoms with van der Waals surface area (Å²) in [4.78, 5) is 8.59. The Labute approximate surface area is 174 Å². The third kappa shape index (κ3) is 4.48. The number of furan rings is 1. The molecule has 0 fully saturated rings. The largest absolute Gasteiger partial charge is 0.463 e. The van der Waals surface area contributed by atoms with E-state index in [0.717, 1.165) is 5.56 Å². The molecule has 3 aromatic rings. The summed E-state index contributed by atoms with van der Waals surface area (Å²) < 4.78 is 32.1. The van der Waals surface area contributed by atoms with Crippen LogP contribution in [0, 0.1) is 0 Å². The van der Waals surface area contributed by atoms with Gasteiger partial charge in [-0.05, 0) is 42.7 Å². The first kappa shape index (κ1) is 20.0. The van der Waals surface area contributed by atoms with Crippen LogP contribution < -0.4 is 10.5 Å². The summed E-state index contributed by atoms with van der Waals surface area (Å²) in [7, 11) is -3.34. The fourth-order valence-corrected chi connectivity index (χ4v) is 4.53. The van der Waals surface area contributed by atoms with Crippen LogP contribution in [0.5, 0.6) is 0 Å². The van der Waals surface area contributed by atoms with Gasteiger partial charge >= 0.3 is 0 Å². The number of nitrogen functional groups attached to an aromatic ring is 1. The zero-order valence-corrected chi connectivity index (χ0v) is 17.3. The zero-order chi connectivity index (χ0) is 21.1. The predicted molar refractivity (Wildman–Crippen MR) is 114 cm³/mol. The standard InChI is InChI=1S/C20H22N6O3S/c1-2-9-30(27,28)26-14-6-3-5-13(10-14)11-15-12-16-18(25-24-15)19(23-20(21)22-16)17-7-4-8-29-17/h3-8,10,15,26H,2,9,11-12H2,1H3,(H2,21,22,23). The highest BCUT2D eigenvalue weighted by atomic mass is 32.2. The lowest BCUT2D eigenvalue weighted by molar-refractivity contribution is 0.576. The van der Waals surface area contributed by atoms with Crippen LogP contribution in [0.1, 0.15) is 24.6 Å². The van der Waals surface area contributed by atoms with Crippen LogP contribution in [0.4, 0.5) is 17.3 Å². The molecule has 0 saturated carbocycles. The third-order valence-electron chi connectivity index (χ3n) is 4.62. The quantitative estimate of drug-likeness (QED) is 0.591. The number of benzene rings is 1. The lowest BCUT2D eigenvalue weighted by Gasteiger charge is -2.18. The van der Waals surface area contributed by atoms with Gasteiger partial charge in [-0.25, -0.2) is 18.4 Å².